The number of benzene rings is 1. The van der Waals surface area contributed by atoms with E-state index in [1.807, 2.05) is 39.8 Å². The highest BCUT2D eigenvalue weighted by molar-refractivity contribution is 6.00. The minimum absolute atomic E-state index is 0.133. The number of anilines is 1. The second kappa shape index (κ2) is 7.04. The molecule has 0 atom stereocenters. The van der Waals surface area contributed by atoms with Crippen LogP contribution in [-0.2, 0) is 0 Å². The van der Waals surface area contributed by atoms with Gasteiger partial charge in [0.1, 0.15) is 0 Å². The molecule has 2 N–H and O–H groups in total. The lowest BCUT2D eigenvalue weighted by atomic mass is 10.0. The number of carbonyl (C=O) groups is 1. The fourth-order valence-electron chi connectivity index (χ4n) is 1.23. The van der Waals surface area contributed by atoms with Crippen LogP contribution >= 0.6 is 0 Å². The van der Waals surface area contributed by atoms with E-state index in [1.54, 1.807) is 12.1 Å². The molecule has 15 heavy (non-hydrogen) atoms. The Morgan fingerprint density at radius 2 is 1.80 bits per heavy atom. The van der Waals surface area contributed by atoms with E-state index in [2.05, 4.69) is 0 Å². The first-order valence-corrected chi connectivity index (χ1v) is 5.49. The summed E-state index contributed by atoms with van der Waals surface area (Å²) in [5, 5.41) is 0. The van der Waals surface area contributed by atoms with Gasteiger partial charge in [0.25, 0.3) is 0 Å². The number of carbonyl (C=O) groups excluding carboxylic acids is 1. The van der Waals surface area contributed by atoms with Gasteiger partial charge in [-0.25, -0.2) is 0 Å². The normalized spacial score (nSPS) is 9.40. The van der Waals surface area contributed by atoms with Crippen molar-refractivity contribution in [2.45, 2.75) is 34.1 Å². The second-order valence-electron chi connectivity index (χ2n) is 3.61. The van der Waals surface area contributed by atoms with E-state index < -0.39 is 0 Å². The predicted octanol–water partition coefficient (Wildman–Crippen LogP) is 3.52. The quantitative estimate of drug-likeness (QED) is 0.608. The lowest BCUT2D eigenvalue weighted by Gasteiger charge is -2.05. The summed E-state index contributed by atoms with van der Waals surface area (Å²) in [7, 11) is 0. The van der Waals surface area contributed by atoms with E-state index in [0.717, 1.165) is 0 Å². The highest BCUT2D eigenvalue weighted by Gasteiger charge is 2.09. The maximum atomic E-state index is 11.6. The SMILES string of the molecule is CC.CC(C)CC(=O)c1ccccc1N. The molecule has 0 spiro atoms. The van der Waals surface area contributed by atoms with Crippen LogP contribution < -0.4 is 5.73 Å². The van der Waals surface area contributed by atoms with Gasteiger partial charge in [0.2, 0.25) is 0 Å². The summed E-state index contributed by atoms with van der Waals surface area (Å²) in [6, 6.07) is 7.21. The lowest BCUT2D eigenvalue weighted by molar-refractivity contribution is 0.0969. The molecular weight excluding hydrogens is 186 g/mol. The Hall–Kier alpha value is -1.31. The lowest BCUT2D eigenvalue weighted by Crippen LogP contribution is -2.06. The van der Waals surface area contributed by atoms with E-state index in [1.165, 1.54) is 0 Å². The van der Waals surface area contributed by atoms with Gasteiger partial charge in [-0.3, -0.25) is 4.79 Å². The summed E-state index contributed by atoms with van der Waals surface area (Å²) in [5.74, 6) is 0.514. The molecule has 0 aliphatic rings. The molecule has 0 aromatic heterocycles. The van der Waals surface area contributed by atoms with Crippen LogP contribution in [0.25, 0.3) is 0 Å². The predicted molar refractivity (Wildman–Crippen MR) is 66.0 cm³/mol. The Bertz CT molecular complexity index is 305. The molecule has 1 aromatic rings. The fraction of sp³-hybridized carbons (Fsp3) is 0.462. The summed E-state index contributed by atoms with van der Waals surface area (Å²) in [4.78, 5) is 11.6. The van der Waals surface area contributed by atoms with Crippen LogP contribution in [0.5, 0.6) is 0 Å². The number of ketones is 1. The van der Waals surface area contributed by atoms with Gasteiger partial charge in [0.15, 0.2) is 5.78 Å². The third kappa shape index (κ3) is 4.63. The van der Waals surface area contributed by atoms with Crippen LogP contribution in [0.15, 0.2) is 24.3 Å². The van der Waals surface area contributed by atoms with Crippen LogP contribution in [0.2, 0.25) is 0 Å². The molecule has 0 saturated carbocycles. The topological polar surface area (TPSA) is 43.1 Å². The first kappa shape index (κ1) is 13.7. The third-order valence-electron chi connectivity index (χ3n) is 1.85. The van der Waals surface area contributed by atoms with Crippen molar-refractivity contribution in [3.63, 3.8) is 0 Å². The minimum Gasteiger partial charge on any atom is -0.398 e. The third-order valence-corrected chi connectivity index (χ3v) is 1.85. The smallest absolute Gasteiger partial charge is 0.165 e. The summed E-state index contributed by atoms with van der Waals surface area (Å²) in [6.45, 7) is 8.05. The number of rotatable bonds is 3. The molecule has 2 heteroatoms. The molecule has 0 saturated heterocycles. The zero-order valence-electron chi connectivity index (χ0n) is 10.1. The number of nitrogens with two attached hydrogens (primary N) is 1. The number of Topliss-reactive ketones (excluding diaryl/α,β-unsaturated/α-hetero) is 1. The maximum Gasteiger partial charge on any atom is 0.165 e. The average molecular weight is 207 g/mol. The number of nitrogen functional groups attached to an aromatic ring is 1. The standard InChI is InChI=1S/C11H15NO.C2H6/c1-8(2)7-11(13)9-5-3-4-6-10(9)12;1-2/h3-6,8H,7,12H2,1-2H3;1-2H3. The van der Waals surface area contributed by atoms with Gasteiger partial charge in [-0.1, -0.05) is 39.8 Å². The summed E-state index contributed by atoms with van der Waals surface area (Å²) >= 11 is 0. The minimum atomic E-state index is 0.133. The molecule has 0 radical (unpaired) electrons. The fourth-order valence-corrected chi connectivity index (χ4v) is 1.23. The Balaban J connectivity index is 0.000000921. The Morgan fingerprint density at radius 1 is 1.27 bits per heavy atom. The maximum absolute atomic E-state index is 11.6. The van der Waals surface area contributed by atoms with Crippen LogP contribution in [0.4, 0.5) is 5.69 Å². The van der Waals surface area contributed by atoms with Gasteiger partial charge in [-0.15, -0.1) is 0 Å². The Labute approximate surface area is 92.5 Å². The molecule has 0 amide bonds. The molecule has 0 aliphatic heterocycles. The average Bonchev–Trinajstić information content (AvgIpc) is 2.20. The summed E-state index contributed by atoms with van der Waals surface area (Å²) in [5.41, 5.74) is 6.90. The van der Waals surface area contributed by atoms with Crippen LogP contribution in [-0.4, -0.2) is 5.78 Å². The van der Waals surface area contributed by atoms with E-state index >= 15 is 0 Å². The molecule has 84 valence electrons. The molecule has 1 rings (SSSR count). The van der Waals surface area contributed by atoms with E-state index in [4.69, 9.17) is 5.73 Å². The van der Waals surface area contributed by atoms with Crippen molar-refractivity contribution >= 4 is 11.5 Å². The van der Waals surface area contributed by atoms with E-state index in [-0.39, 0.29) is 5.78 Å². The largest absolute Gasteiger partial charge is 0.398 e. The van der Waals surface area contributed by atoms with Crippen molar-refractivity contribution in [3.05, 3.63) is 29.8 Å². The van der Waals surface area contributed by atoms with Crippen molar-refractivity contribution < 1.29 is 4.79 Å². The molecule has 0 bridgehead atoms. The molecule has 2 nitrogen and oxygen atoms in total. The van der Waals surface area contributed by atoms with Crippen LogP contribution in [0.1, 0.15) is 44.5 Å². The molecule has 0 unspecified atom stereocenters. The van der Waals surface area contributed by atoms with Gasteiger partial charge in [0, 0.05) is 17.7 Å². The van der Waals surface area contributed by atoms with Crippen molar-refractivity contribution in [1.82, 2.24) is 0 Å². The molecule has 0 aliphatic carbocycles. The number of hydrogen-bond acceptors (Lipinski definition) is 2. The van der Waals surface area contributed by atoms with Gasteiger partial charge in [-0.2, -0.15) is 0 Å². The number of para-hydroxylation sites is 1. The van der Waals surface area contributed by atoms with Crippen molar-refractivity contribution in [3.8, 4) is 0 Å². The van der Waals surface area contributed by atoms with Crippen LogP contribution in [0, 0.1) is 5.92 Å². The summed E-state index contributed by atoms with van der Waals surface area (Å²) in [6.07, 6.45) is 0.564. The highest BCUT2D eigenvalue weighted by atomic mass is 16.1. The van der Waals surface area contributed by atoms with Gasteiger partial charge in [0.05, 0.1) is 0 Å². The molecule has 0 heterocycles. The van der Waals surface area contributed by atoms with Gasteiger partial charge < -0.3 is 5.73 Å². The zero-order chi connectivity index (χ0) is 11.8. The zero-order valence-corrected chi connectivity index (χ0v) is 10.1. The highest BCUT2D eigenvalue weighted by Crippen LogP contribution is 2.15. The second-order valence-corrected chi connectivity index (χ2v) is 3.61. The van der Waals surface area contributed by atoms with Crippen molar-refractivity contribution in [1.29, 1.82) is 0 Å². The van der Waals surface area contributed by atoms with E-state index in [9.17, 15) is 4.79 Å². The Kier molecular flexibility index (Phi) is 6.43. The molecule has 0 fully saturated rings. The van der Waals surface area contributed by atoms with E-state index in [0.29, 0.717) is 23.6 Å². The molecule has 1 aromatic carbocycles. The monoisotopic (exact) mass is 207 g/mol. The first-order chi connectivity index (χ1) is 7.11. The summed E-state index contributed by atoms with van der Waals surface area (Å²) < 4.78 is 0. The van der Waals surface area contributed by atoms with Gasteiger partial charge in [-0.05, 0) is 18.1 Å². The van der Waals surface area contributed by atoms with Crippen molar-refractivity contribution in [2.75, 3.05) is 5.73 Å². The van der Waals surface area contributed by atoms with Crippen LogP contribution in [0.3, 0.4) is 0 Å². The Morgan fingerprint density at radius 3 is 2.27 bits per heavy atom. The van der Waals surface area contributed by atoms with Crippen molar-refractivity contribution in [2.24, 2.45) is 5.92 Å². The van der Waals surface area contributed by atoms with Gasteiger partial charge >= 0.3 is 0 Å². The molecular formula is C13H21NO. The first-order valence-electron chi connectivity index (χ1n) is 5.49. The number of hydrogen-bond donors (Lipinski definition) is 1.